The number of benzene rings is 6. The molecule has 0 bridgehead atoms. The molecule has 0 amide bonds. The summed E-state index contributed by atoms with van der Waals surface area (Å²) in [4.78, 5) is 32.1. The minimum atomic E-state index is -0.0898. The van der Waals surface area contributed by atoms with Gasteiger partial charge in [-0.3, -0.25) is 0 Å². The van der Waals surface area contributed by atoms with Crippen molar-refractivity contribution in [3.05, 3.63) is 168 Å². The molecule has 6 aromatic carbocycles. The smallest absolute Gasteiger partial charge is 0.179 e. The second kappa shape index (κ2) is 12.9. The Hall–Kier alpha value is -6.80. The van der Waals surface area contributed by atoms with E-state index in [1.165, 1.54) is 39.3 Å². The molecule has 6 unspecified atom stereocenters. The van der Waals surface area contributed by atoms with Gasteiger partial charge in [0.2, 0.25) is 0 Å². The summed E-state index contributed by atoms with van der Waals surface area (Å²) in [7, 11) is 0. The van der Waals surface area contributed by atoms with Crippen LogP contribution in [0.2, 0.25) is 0 Å². The third-order valence-electron chi connectivity index (χ3n) is 16.8. The molecule has 65 heavy (non-hydrogen) atoms. The molecule has 0 radical (unpaired) electrons. The molecule has 2 aromatic heterocycles. The fourth-order valence-electron chi connectivity index (χ4n) is 13.2. The summed E-state index contributed by atoms with van der Waals surface area (Å²) in [5.41, 5.74) is 14.1. The maximum absolute atomic E-state index is 5.54. The minimum absolute atomic E-state index is 0.00271. The Bertz CT molecular complexity index is 3280. The summed E-state index contributed by atoms with van der Waals surface area (Å²) in [6, 6.07) is 53.5. The SMILES string of the molecule is CC(C)c1ccc(N2c3nc4ccccc4nc3N3c4ccc(C(C)C)cc4C4(C)CC4(CCC45CC4C4N(c6ccccc6)c6nc7ccccc7nc6N4c4ccccc45)C23)cc1. The van der Waals surface area contributed by atoms with Gasteiger partial charge in [-0.05, 0) is 120 Å². The zero-order valence-corrected chi connectivity index (χ0v) is 37.6. The molecule has 8 aromatic rings. The van der Waals surface area contributed by atoms with E-state index < -0.39 is 0 Å². The van der Waals surface area contributed by atoms with Crippen LogP contribution in [0.5, 0.6) is 0 Å². The molecule has 6 heterocycles. The second-order valence-corrected chi connectivity index (χ2v) is 20.6. The molecule has 14 rings (SSSR count). The molecule has 0 saturated heterocycles. The number of rotatable bonds is 7. The van der Waals surface area contributed by atoms with Crippen molar-refractivity contribution in [1.29, 1.82) is 0 Å². The Morgan fingerprint density at radius 3 is 1.68 bits per heavy atom. The standard InChI is InChI=1S/C57H52N8/c1-34(2)36-23-26-39(27-24-36)63-50-52(61-46-21-13-11-19-44(46)59-50)65-48-28-25-37(35(3)4)31-41(48)55(5)33-57(55,54(63)65)30-29-56-32-42(56)53-62(38-15-7-6-8-16-38)49-51(60-45-20-12-10-18-43(45)58-49)64(53)47-22-14-9-17-40(47)56/h6-28,31,34-35,42,53-54H,29-30,32-33H2,1-5H3. The Balaban J connectivity index is 0.934. The van der Waals surface area contributed by atoms with Gasteiger partial charge in [0.25, 0.3) is 0 Å². The molecule has 8 heteroatoms. The van der Waals surface area contributed by atoms with Crippen molar-refractivity contribution >= 4 is 68.1 Å². The van der Waals surface area contributed by atoms with E-state index in [1.54, 1.807) is 0 Å². The van der Waals surface area contributed by atoms with E-state index in [9.17, 15) is 0 Å². The van der Waals surface area contributed by atoms with E-state index in [0.29, 0.717) is 17.8 Å². The van der Waals surface area contributed by atoms with Gasteiger partial charge in [-0.15, -0.1) is 0 Å². The van der Waals surface area contributed by atoms with Crippen LogP contribution in [-0.4, -0.2) is 32.3 Å². The number of hydrogen-bond acceptors (Lipinski definition) is 8. The van der Waals surface area contributed by atoms with Crippen molar-refractivity contribution in [3.63, 3.8) is 0 Å². The number of nitrogens with zero attached hydrogens (tertiary/aromatic N) is 8. The molecule has 6 atom stereocenters. The Kier molecular flexibility index (Phi) is 7.47. The Morgan fingerprint density at radius 2 is 1.03 bits per heavy atom. The molecule has 6 aliphatic rings. The molecule has 2 aliphatic carbocycles. The highest BCUT2D eigenvalue weighted by Gasteiger charge is 2.77. The van der Waals surface area contributed by atoms with Crippen LogP contribution >= 0.6 is 0 Å². The summed E-state index contributed by atoms with van der Waals surface area (Å²) in [6.45, 7) is 11.8. The summed E-state index contributed by atoms with van der Waals surface area (Å²) < 4.78 is 0. The van der Waals surface area contributed by atoms with Gasteiger partial charge < -0.3 is 19.6 Å². The first-order valence-electron chi connectivity index (χ1n) is 23.8. The van der Waals surface area contributed by atoms with E-state index in [4.69, 9.17) is 19.9 Å². The van der Waals surface area contributed by atoms with Gasteiger partial charge in [0.1, 0.15) is 12.3 Å². The molecule has 2 saturated carbocycles. The van der Waals surface area contributed by atoms with Gasteiger partial charge in [-0.1, -0.05) is 120 Å². The number of para-hydroxylation sites is 6. The van der Waals surface area contributed by atoms with E-state index in [2.05, 4.69) is 200 Å². The van der Waals surface area contributed by atoms with Gasteiger partial charge in [0.05, 0.1) is 22.1 Å². The second-order valence-electron chi connectivity index (χ2n) is 20.6. The van der Waals surface area contributed by atoms with E-state index in [-0.39, 0.29) is 28.6 Å². The molecule has 4 aliphatic heterocycles. The number of fused-ring (bicyclic) bond motifs is 18. The van der Waals surface area contributed by atoms with Crippen LogP contribution in [0.1, 0.15) is 94.4 Å². The van der Waals surface area contributed by atoms with Crippen molar-refractivity contribution < 1.29 is 0 Å². The van der Waals surface area contributed by atoms with Gasteiger partial charge in [0.15, 0.2) is 23.3 Å². The molecular weight excluding hydrogens is 797 g/mol. The van der Waals surface area contributed by atoms with Crippen molar-refractivity contribution in [1.82, 2.24) is 19.9 Å². The van der Waals surface area contributed by atoms with Crippen LogP contribution in [0.25, 0.3) is 22.1 Å². The monoisotopic (exact) mass is 848 g/mol. The van der Waals surface area contributed by atoms with E-state index >= 15 is 0 Å². The first kappa shape index (κ1) is 37.6. The number of aromatic nitrogens is 4. The lowest BCUT2D eigenvalue weighted by Gasteiger charge is -2.46. The van der Waals surface area contributed by atoms with Crippen molar-refractivity contribution in [2.24, 2.45) is 11.3 Å². The molecule has 0 N–H and O–H groups in total. The summed E-state index contributed by atoms with van der Waals surface area (Å²) in [5.74, 6) is 5.07. The number of hydrogen-bond donors (Lipinski definition) is 0. The zero-order valence-electron chi connectivity index (χ0n) is 37.6. The summed E-state index contributed by atoms with van der Waals surface area (Å²) in [5, 5.41) is 0. The average Bonchev–Trinajstić information content (AvgIpc) is 4.15. The summed E-state index contributed by atoms with van der Waals surface area (Å²) >= 11 is 0. The van der Waals surface area contributed by atoms with Crippen LogP contribution in [-0.2, 0) is 10.8 Å². The quantitative estimate of drug-likeness (QED) is 0.157. The predicted molar refractivity (Wildman–Crippen MR) is 263 cm³/mol. The highest BCUT2D eigenvalue weighted by atomic mass is 15.5. The Labute approximate surface area is 380 Å². The minimum Gasteiger partial charge on any atom is -0.302 e. The average molecular weight is 849 g/mol. The molecular formula is C57H52N8. The van der Waals surface area contributed by atoms with E-state index in [0.717, 1.165) is 76.7 Å². The number of anilines is 8. The third-order valence-corrected chi connectivity index (χ3v) is 16.8. The van der Waals surface area contributed by atoms with Gasteiger partial charge >= 0.3 is 0 Å². The van der Waals surface area contributed by atoms with Crippen molar-refractivity contribution in [2.45, 2.75) is 95.3 Å². The van der Waals surface area contributed by atoms with Gasteiger partial charge in [0, 0.05) is 44.9 Å². The van der Waals surface area contributed by atoms with Crippen molar-refractivity contribution in [2.75, 3.05) is 19.6 Å². The van der Waals surface area contributed by atoms with Gasteiger partial charge in [-0.2, -0.15) is 0 Å². The fourth-order valence-corrected chi connectivity index (χ4v) is 13.2. The fraction of sp³-hybridized carbons (Fsp3) is 0.298. The van der Waals surface area contributed by atoms with Crippen LogP contribution in [0.4, 0.5) is 46.0 Å². The van der Waals surface area contributed by atoms with Crippen LogP contribution in [0.3, 0.4) is 0 Å². The molecule has 320 valence electrons. The highest BCUT2D eigenvalue weighted by molar-refractivity contribution is 5.94. The normalized spacial score (nSPS) is 26.1. The maximum Gasteiger partial charge on any atom is 0.179 e. The largest absolute Gasteiger partial charge is 0.302 e. The van der Waals surface area contributed by atoms with Crippen LogP contribution in [0.15, 0.2) is 146 Å². The lowest BCUT2D eigenvalue weighted by Crippen LogP contribution is -2.52. The van der Waals surface area contributed by atoms with E-state index in [1.807, 2.05) is 0 Å². The zero-order chi connectivity index (χ0) is 43.6. The lowest BCUT2D eigenvalue weighted by atomic mass is 9.73. The molecule has 8 nitrogen and oxygen atoms in total. The third kappa shape index (κ3) is 4.92. The van der Waals surface area contributed by atoms with Crippen molar-refractivity contribution in [3.8, 4) is 0 Å². The maximum atomic E-state index is 5.54. The molecule has 0 spiro atoms. The van der Waals surface area contributed by atoms with Crippen LogP contribution < -0.4 is 19.6 Å². The topological polar surface area (TPSA) is 64.5 Å². The molecule has 2 fully saturated rings. The first-order valence-corrected chi connectivity index (χ1v) is 23.8. The Morgan fingerprint density at radius 1 is 0.508 bits per heavy atom. The predicted octanol–water partition coefficient (Wildman–Crippen LogP) is 13.5. The lowest BCUT2D eigenvalue weighted by molar-refractivity contribution is 0.287. The summed E-state index contributed by atoms with van der Waals surface area (Å²) in [6.07, 6.45) is 4.44. The van der Waals surface area contributed by atoms with Gasteiger partial charge in [-0.25, -0.2) is 19.9 Å². The first-order chi connectivity index (χ1) is 31.7. The highest BCUT2D eigenvalue weighted by Crippen LogP contribution is 2.79. The van der Waals surface area contributed by atoms with Crippen LogP contribution in [0, 0.1) is 11.3 Å².